The summed E-state index contributed by atoms with van der Waals surface area (Å²) in [6.07, 6.45) is 1.26. The number of phenolic OH excluding ortho intramolecular Hbond substituents is 1. The van der Waals surface area contributed by atoms with Gasteiger partial charge >= 0.3 is 0 Å². The zero-order valence-electron chi connectivity index (χ0n) is 10.6. The molecule has 20 heavy (non-hydrogen) atoms. The summed E-state index contributed by atoms with van der Waals surface area (Å²) in [4.78, 5) is 10.6. The molecule has 0 aliphatic rings. The van der Waals surface area contributed by atoms with Crippen LogP contribution < -0.4 is 10.5 Å². The standard InChI is InChI=1S/C15H14INO3/c16-14-8-10(7-11(17)9-18)1-6-15(14)20-13-4-2-12(19)3-5-13/h1-6,8-9,11,19H,7,17H2. The SMILES string of the molecule is NC(C=O)Cc1ccc(Oc2ccc(O)cc2)c(I)c1. The van der Waals surface area contributed by atoms with Gasteiger partial charge in [-0.25, -0.2) is 0 Å². The second kappa shape index (κ2) is 6.71. The van der Waals surface area contributed by atoms with Crippen LogP contribution in [0.25, 0.3) is 0 Å². The average Bonchev–Trinajstić information content (AvgIpc) is 2.44. The Bertz CT molecular complexity index is 599. The van der Waals surface area contributed by atoms with Gasteiger partial charge < -0.3 is 20.4 Å². The fourth-order valence-corrected chi connectivity index (χ4v) is 2.41. The van der Waals surface area contributed by atoms with Crippen LogP contribution in [0.4, 0.5) is 0 Å². The second-order valence-electron chi connectivity index (χ2n) is 4.36. The highest BCUT2D eigenvalue weighted by molar-refractivity contribution is 14.1. The van der Waals surface area contributed by atoms with Crippen molar-refractivity contribution in [3.63, 3.8) is 0 Å². The molecule has 0 saturated carbocycles. The summed E-state index contributed by atoms with van der Waals surface area (Å²) in [5.41, 5.74) is 6.60. The zero-order valence-corrected chi connectivity index (χ0v) is 12.8. The molecule has 0 radical (unpaired) electrons. The van der Waals surface area contributed by atoms with Crippen molar-refractivity contribution in [2.45, 2.75) is 12.5 Å². The van der Waals surface area contributed by atoms with Gasteiger partial charge in [0.05, 0.1) is 9.61 Å². The second-order valence-corrected chi connectivity index (χ2v) is 5.53. The molecule has 0 amide bonds. The van der Waals surface area contributed by atoms with Gasteiger partial charge in [-0.2, -0.15) is 0 Å². The van der Waals surface area contributed by atoms with Crippen molar-refractivity contribution in [3.8, 4) is 17.2 Å². The van der Waals surface area contributed by atoms with Gasteiger partial charge in [0.25, 0.3) is 0 Å². The van der Waals surface area contributed by atoms with Crippen LogP contribution in [0.1, 0.15) is 5.56 Å². The molecule has 2 rings (SSSR count). The van der Waals surface area contributed by atoms with Crippen LogP contribution in [0.3, 0.4) is 0 Å². The third-order valence-corrected chi connectivity index (χ3v) is 3.55. The fourth-order valence-electron chi connectivity index (χ4n) is 1.72. The van der Waals surface area contributed by atoms with Gasteiger partial charge in [-0.15, -0.1) is 0 Å². The number of aldehydes is 1. The quantitative estimate of drug-likeness (QED) is 0.615. The van der Waals surface area contributed by atoms with E-state index in [9.17, 15) is 9.90 Å². The summed E-state index contributed by atoms with van der Waals surface area (Å²) in [5, 5.41) is 9.22. The number of halogens is 1. The molecule has 0 aliphatic heterocycles. The topological polar surface area (TPSA) is 72.6 Å². The van der Waals surface area contributed by atoms with Crippen molar-refractivity contribution in [3.05, 3.63) is 51.6 Å². The Hall–Kier alpha value is -1.60. The van der Waals surface area contributed by atoms with Crippen molar-refractivity contribution in [2.75, 3.05) is 0 Å². The van der Waals surface area contributed by atoms with Crippen LogP contribution >= 0.6 is 22.6 Å². The zero-order chi connectivity index (χ0) is 14.5. The molecule has 1 unspecified atom stereocenters. The van der Waals surface area contributed by atoms with E-state index in [0.29, 0.717) is 12.2 Å². The lowest BCUT2D eigenvalue weighted by atomic mass is 10.1. The third kappa shape index (κ3) is 3.94. The van der Waals surface area contributed by atoms with Crippen molar-refractivity contribution in [2.24, 2.45) is 5.73 Å². The van der Waals surface area contributed by atoms with E-state index in [1.165, 1.54) is 0 Å². The summed E-state index contributed by atoms with van der Waals surface area (Å²) in [6, 6.07) is 11.7. The van der Waals surface area contributed by atoms with E-state index in [0.717, 1.165) is 21.2 Å². The molecule has 0 aliphatic carbocycles. The van der Waals surface area contributed by atoms with Crippen molar-refractivity contribution in [1.82, 2.24) is 0 Å². The van der Waals surface area contributed by atoms with Gasteiger partial charge in [-0.3, -0.25) is 0 Å². The minimum Gasteiger partial charge on any atom is -0.508 e. The van der Waals surface area contributed by atoms with Crippen LogP contribution in [0, 0.1) is 3.57 Å². The number of hydrogen-bond donors (Lipinski definition) is 2. The summed E-state index contributed by atoms with van der Waals surface area (Å²) < 4.78 is 6.67. The maximum atomic E-state index is 10.6. The third-order valence-electron chi connectivity index (χ3n) is 2.71. The minimum atomic E-state index is -0.477. The van der Waals surface area contributed by atoms with Crippen molar-refractivity contribution < 1.29 is 14.6 Å². The first-order valence-corrected chi connectivity index (χ1v) is 7.12. The Kier molecular flexibility index (Phi) is 4.97. The lowest BCUT2D eigenvalue weighted by Crippen LogP contribution is -2.24. The number of phenols is 1. The Labute approximate surface area is 130 Å². The Morgan fingerprint density at radius 3 is 2.55 bits per heavy atom. The van der Waals surface area contributed by atoms with Gasteiger partial charge in [0, 0.05) is 0 Å². The summed E-state index contributed by atoms with van der Waals surface area (Å²) >= 11 is 2.17. The summed E-state index contributed by atoms with van der Waals surface area (Å²) in [7, 11) is 0. The first-order valence-electron chi connectivity index (χ1n) is 6.04. The van der Waals surface area contributed by atoms with Gasteiger partial charge in [0.15, 0.2) is 0 Å². The molecule has 0 spiro atoms. The van der Waals surface area contributed by atoms with E-state index in [2.05, 4.69) is 22.6 Å². The van der Waals surface area contributed by atoms with Gasteiger partial charge in [-0.05, 0) is 71.0 Å². The first kappa shape index (κ1) is 14.8. The molecule has 4 nitrogen and oxygen atoms in total. The normalized spacial score (nSPS) is 11.9. The maximum absolute atomic E-state index is 10.6. The fraction of sp³-hybridized carbons (Fsp3) is 0.133. The van der Waals surface area contributed by atoms with E-state index < -0.39 is 6.04 Å². The highest BCUT2D eigenvalue weighted by Crippen LogP contribution is 2.28. The Balaban J connectivity index is 2.13. The molecular formula is C15H14INO3. The Morgan fingerprint density at radius 2 is 1.95 bits per heavy atom. The number of carbonyl (C=O) groups is 1. The monoisotopic (exact) mass is 383 g/mol. The lowest BCUT2D eigenvalue weighted by molar-refractivity contribution is -0.108. The van der Waals surface area contributed by atoms with E-state index in [1.54, 1.807) is 24.3 Å². The maximum Gasteiger partial charge on any atom is 0.140 e. The lowest BCUT2D eigenvalue weighted by Gasteiger charge is -2.10. The molecular weight excluding hydrogens is 369 g/mol. The average molecular weight is 383 g/mol. The van der Waals surface area contributed by atoms with E-state index in [1.807, 2.05) is 18.2 Å². The molecule has 0 bridgehead atoms. The number of nitrogens with two attached hydrogens (primary N) is 1. The molecule has 0 saturated heterocycles. The minimum absolute atomic E-state index is 0.199. The smallest absolute Gasteiger partial charge is 0.140 e. The number of hydrogen-bond acceptors (Lipinski definition) is 4. The molecule has 1 atom stereocenters. The predicted octanol–water partition coefficient (Wildman–Crippen LogP) is 2.86. The van der Waals surface area contributed by atoms with Crippen LogP contribution in [-0.4, -0.2) is 17.4 Å². The molecule has 3 N–H and O–H groups in total. The van der Waals surface area contributed by atoms with Gasteiger partial charge in [0.2, 0.25) is 0 Å². The number of aromatic hydroxyl groups is 1. The van der Waals surface area contributed by atoms with Gasteiger partial charge in [-0.1, -0.05) is 6.07 Å². The van der Waals surface area contributed by atoms with E-state index >= 15 is 0 Å². The molecule has 0 aromatic heterocycles. The molecule has 0 heterocycles. The van der Waals surface area contributed by atoms with Crippen molar-refractivity contribution >= 4 is 28.9 Å². The molecule has 2 aromatic rings. The van der Waals surface area contributed by atoms with Crippen molar-refractivity contribution in [1.29, 1.82) is 0 Å². The Morgan fingerprint density at radius 1 is 1.25 bits per heavy atom. The highest BCUT2D eigenvalue weighted by Gasteiger charge is 2.07. The summed E-state index contributed by atoms with van der Waals surface area (Å²) in [6.45, 7) is 0. The predicted molar refractivity (Wildman–Crippen MR) is 85.1 cm³/mol. The highest BCUT2D eigenvalue weighted by atomic mass is 127. The summed E-state index contributed by atoms with van der Waals surface area (Å²) in [5.74, 6) is 1.57. The van der Waals surface area contributed by atoms with E-state index in [4.69, 9.17) is 10.5 Å². The number of rotatable bonds is 5. The number of benzene rings is 2. The van der Waals surface area contributed by atoms with Crippen LogP contribution in [0.15, 0.2) is 42.5 Å². The largest absolute Gasteiger partial charge is 0.508 e. The van der Waals surface area contributed by atoms with Crippen LogP contribution in [-0.2, 0) is 11.2 Å². The number of ether oxygens (including phenoxy) is 1. The molecule has 5 heteroatoms. The number of carbonyl (C=O) groups excluding carboxylic acids is 1. The van der Waals surface area contributed by atoms with Crippen LogP contribution in [0.5, 0.6) is 17.2 Å². The molecule has 0 fully saturated rings. The van der Waals surface area contributed by atoms with Crippen LogP contribution in [0.2, 0.25) is 0 Å². The molecule has 104 valence electrons. The first-order chi connectivity index (χ1) is 9.58. The molecule has 2 aromatic carbocycles. The van der Waals surface area contributed by atoms with E-state index in [-0.39, 0.29) is 5.75 Å². The van der Waals surface area contributed by atoms with Gasteiger partial charge in [0.1, 0.15) is 23.5 Å².